The summed E-state index contributed by atoms with van der Waals surface area (Å²) in [6.07, 6.45) is 4.04. The van der Waals surface area contributed by atoms with Crippen LogP contribution in [0.15, 0.2) is 157 Å². The summed E-state index contributed by atoms with van der Waals surface area (Å²) >= 11 is 0. The van der Waals surface area contributed by atoms with E-state index < -0.39 is 35.0 Å². The van der Waals surface area contributed by atoms with Crippen molar-refractivity contribution >= 4 is 40.4 Å². The smallest absolute Gasteiger partial charge is 0.238 e. The number of allylic oxidation sites excluding steroid dienone is 4. The summed E-state index contributed by atoms with van der Waals surface area (Å²) in [7, 11) is 0. The van der Waals surface area contributed by atoms with Gasteiger partial charge in [-0.15, -0.1) is 0 Å². The molecule has 9 rings (SSSR count). The van der Waals surface area contributed by atoms with Gasteiger partial charge in [-0.05, 0) is 77.9 Å². The number of carbonyl (C=O) groups is 5. The van der Waals surface area contributed by atoms with Crippen LogP contribution in [0.5, 0.6) is 5.75 Å². The largest absolute Gasteiger partial charge is 0.491 e. The fourth-order valence-electron chi connectivity index (χ4n) is 9.94. The number of amides is 2. The van der Waals surface area contributed by atoms with Crippen molar-refractivity contribution in [3.63, 3.8) is 0 Å². The Hall–Kier alpha value is -6.51. The van der Waals surface area contributed by atoms with E-state index in [-0.39, 0.29) is 48.8 Å². The highest BCUT2D eigenvalue weighted by Gasteiger charge is 2.66. The Morgan fingerprint density at radius 3 is 2.02 bits per heavy atom. The van der Waals surface area contributed by atoms with Gasteiger partial charge in [0.2, 0.25) is 11.8 Å². The number of ether oxygens (including phenoxy) is 1. The summed E-state index contributed by atoms with van der Waals surface area (Å²) in [5.74, 6) is -4.11. The number of nitrogens with zero attached hydrogens (tertiary/aromatic N) is 1. The van der Waals surface area contributed by atoms with Crippen LogP contribution in [-0.2, 0) is 24.6 Å². The third-order valence-electron chi connectivity index (χ3n) is 12.4. The number of benzene rings is 5. The number of imide groups is 1. The van der Waals surface area contributed by atoms with Crippen LogP contribution in [0.3, 0.4) is 0 Å². The predicted molar refractivity (Wildman–Crippen MR) is 214 cm³/mol. The number of anilines is 1. The molecule has 6 unspecified atom stereocenters. The standard InChI is InChI=1S/C49H39NO7/c51-26-27-57-36-22-18-31(19-23-36)44-37-24-25-38-43(48(56)50(47(38)55)35-20-16-33(17-21-35)45(53)32-12-6-2-7-13-32)40(37)28-41-46(54)39(30-10-4-1-5-11-30)29-42(52)49(41,44)34-14-8-3-9-15-34/h1-24,29,38,40-41,43-44,51H,25-28H2. The van der Waals surface area contributed by atoms with Crippen LogP contribution in [0.2, 0.25) is 0 Å². The molecule has 2 amide bonds. The fraction of sp³-hybridized carbons (Fsp3) is 0.204. The van der Waals surface area contributed by atoms with Crippen molar-refractivity contribution in [2.75, 3.05) is 18.1 Å². The monoisotopic (exact) mass is 753 g/mol. The minimum atomic E-state index is -1.34. The van der Waals surface area contributed by atoms with Crippen molar-refractivity contribution in [2.45, 2.75) is 24.2 Å². The zero-order valence-electron chi connectivity index (χ0n) is 31.0. The molecule has 0 spiro atoms. The van der Waals surface area contributed by atoms with Crippen LogP contribution in [-0.4, -0.2) is 47.5 Å². The quantitative estimate of drug-likeness (QED) is 0.0953. The van der Waals surface area contributed by atoms with E-state index in [9.17, 15) is 19.5 Å². The van der Waals surface area contributed by atoms with Crippen LogP contribution in [0.1, 0.15) is 51.4 Å². The minimum absolute atomic E-state index is 0.119. The molecule has 1 aliphatic heterocycles. The maximum atomic E-state index is 15.2. The average Bonchev–Trinajstić information content (AvgIpc) is 3.52. The molecule has 0 radical (unpaired) electrons. The third kappa shape index (κ3) is 5.82. The summed E-state index contributed by atoms with van der Waals surface area (Å²) in [4.78, 5) is 73.9. The lowest BCUT2D eigenvalue weighted by Crippen LogP contribution is -2.58. The van der Waals surface area contributed by atoms with Gasteiger partial charge in [0, 0.05) is 28.5 Å². The van der Waals surface area contributed by atoms with Gasteiger partial charge >= 0.3 is 0 Å². The van der Waals surface area contributed by atoms with Crippen LogP contribution < -0.4 is 9.64 Å². The van der Waals surface area contributed by atoms with Gasteiger partial charge in [0.05, 0.1) is 29.5 Å². The van der Waals surface area contributed by atoms with Gasteiger partial charge in [-0.25, -0.2) is 0 Å². The first-order valence-electron chi connectivity index (χ1n) is 19.4. The SMILES string of the molecule is O=C(c1ccccc1)c1ccc(N2C(=O)C3CC=C4C(CC5C(=O)C(c6ccccc6)=CC(=O)C5(c5ccccc5)C4c4ccc(OCCO)cc4)C3C2=O)cc1. The van der Waals surface area contributed by atoms with E-state index in [0.29, 0.717) is 45.7 Å². The molecule has 3 aliphatic carbocycles. The first-order valence-corrected chi connectivity index (χ1v) is 19.4. The van der Waals surface area contributed by atoms with E-state index in [4.69, 9.17) is 4.74 Å². The summed E-state index contributed by atoms with van der Waals surface area (Å²) in [5.41, 5.74) is 3.36. The maximum absolute atomic E-state index is 15.2. The molecule has 0 aromatic heterocycles. The normalized spacial score (nSPS) is 25.2. The van der Waals surface area contributed by atoms with Crippen molar-refractivity contribution in [3.8, 4) is 5.75 Å². The Kier molecular flexibility index (Phi) is 9.21. The van der Waals surface area contributed by atoms with Gasteiger partial charge in [0.25, 0.3) is 0 Å². The van der Waals surface area contributed by atoms with Crippen LogP contribution in [0.25, 0.3) is 5.57 Å². The lowest BCUT2D eigenvalue weighted by Gasteiger charge is -2.55. The Balaban J connectivity index is 1.16. The minimum Gasteiger partial charge on any atom is -0.491 e. The van der Waals surface area contributed by atoms with E-state index in [1.807, 2.05) is 84.9 Å². The van der Waals surface area contributed by atoms with Gasteiger partial charge < -0.3 is 9.84 Å². The predicted octanol–water partition coefficient (Wildman–Crippen LogP) is 7.32. The lowest BCUT2D eigenvalue weighted by atomic mass is 9.44. The molecule has 6 atom stereocenters. The summed E-state index contributed by atoms with van der Waals surface area (Å²) in [5, 5.41) is 9.37. The van der Waals surface area contributed by atoms with Crippen LogP contribution in [0.4, 0.5) is 5.69 Å². The van der Waals surface area contributed by atoms with E-state index in [1.165, 1.54) is 11.0 Å². The number of hydrogen-bond donors (Lipinski definition) is 1. The zero-order chi connectivity index (χ0) is 39.3. The Morgan fingerprint density at radius 1 is 0.719 bits per heavy atom. The van der Waals surface area contributed by atoms with E-state index in [1.54, 1.807) is 60.7 Å². The number of Topliss-reactive ketones (excluding diaryl/α,β-unsaturated/α-hetero) is 1. The molecule has 2 fully saturated rings. The van der Waals surface area contributed by atoms with Crippen LogP contribution in [0, 0.1) is 23.7 Å². The molecule has 1 saturated carbocycles. The number of aliphatic hydroxyl groups is 1. The highest BCUT2D eigenvalue weighted by atomic mass is 16.5. The second-order valence-electron chi connectivity index (χ2n) is 15.2. The average molecular weight is 754 g/mol. The van der Waals surface area contributed by atoms with Crippen molar-refractivity contribution in [3.05, 3.63) is 185 Å². The molecule has 57 heavy (non-hydrogen) atoms. The molecular weight excluding hydrogens is 715 g/mol. The zero-order valence-corrected chi connectivity index (χ0v) is 31.0. The number of rotatable bonds is 9. The molecule has 282 valence electrons. The number of fused-ring (bicyclic) bond motifs is 4. The molecular formula is C49H39NO7. The Labute approximate surface area is 330 Å². The first-order chi connectivity index (χ1) is 27.8. The highest BCUT2D eigenvalue weighted by molar-refractivity contribution is 6.32. The molecule has 8 nitrogen and oxygen atoms in total. The second kappa shape index (κ2) is 14.5. The molecule has 1 heterocycles. The molecule has 0 bridgehead atoms. The van der Waals surface area contributed by atoms with Crippen LogP contribution >= 0.6 is 0 Å². The number of ketones is 3. The van der Waals surface area contributed by atoms with Gasteiger partial charge in [-0.1, -0.05) is 115 Å². The molecule has 5 aromatic rings. The van der Waals surface area contributed by atoms with Crippen molar-refractivity contribution in [1.82, 2.24) is 0 Å². The third-order valence-corrected chi connectivity index (χ3v) is 12.4. The van der Waals surface area contributed by atoms with Gasteiger partial charge in [-0.3, -0.25) is 28.9 Å². The van der Waals surface area contributed by atoms with Gasteiger partial charge in [0.15, 0.2) is 17.3 Å². The summed E-state index contributed by atoms with van der Waals surface area (Å²) < 4.78 is 5.70. The molecule has 1 saturated heterocycles. The Morgan fingerprint density at radius 2 is 1.35 bits per heavy atom. The maximum Gasteiger partial charge on any atom is 0.238 e. The fourth-order valence-corrected chi connectivity index (χ4v) is 9.94. The number of carbonyl (C=O) groups excluding carboxylic acids is 5. The van der Waals surface area contributed by atoms with E-state index in [2.05, 4.69) is 0 Å². The van der Waals surface area contributed by atoms with Crippen molar-refractivity contribution < 1.29 is 33.8 Å². The Bertz CT molecular complexity index is 2460. The molecule has 8 heteroatoms. The van der Waals surface area contributed by atoms with E-state index >= 15 is 9.59 Å². The highest BCUT2D eigenvalue weighted by Crippen LogP contribution is 2.63. The molecule has 4 aliphatic rings. The summed E-state index contributed by atoms with van der Waals surface area (Å²) in [6, 6.07) is 41.5. The molecule has 1 N–H and O–H groups in total. The number of hydrogen-bond acceptors (Lipinski definition) is 7. The second-order valence-corrected chi connectivity index (χ2v) is 15.2. The van der Waals surface area contributed by atoms with E-state index in [0.717, 1.165) is 11.1 Å². The van der Waals surface area contributed by atoms with Crippen molar-refractivity contribution in [2.24, 2.45) is 23.7 Å². The summed E-state index contributed by atoms with van der Waals surface area (Å²) in [6.45, 7) is -0.0272. The molecule has 5 aromatic carbocycles. The van der Waals surface area contributed by atoms with Crippen molar-refractivity contribution in [1.29, 1.82) is 0 Å². The number of aliphatic hydroxyl groups excluding tert-OH is 1. The topological polar surface area (TPSA) is 118 Å². The van der Waals surface area contributed by atoms with Gasteiger partial charge in [0.1, 0.15) is 12.4 Å². The lowest BCUT2D eigenvalue weighted by molar-refractivity contribution is -0.135. The first kappa shape index (κ1) is 36.1. The van der Waals surface area contributed by atoms with Gasteiger partial charge in [-0.2, -0.15) is 0 Å².